The first kappa shape index (κ1) is 20.8. The van der Waals surface area contributed by atoms with Crippen LogP contribution in [-0.4, -0.2) is 52.6 Å². The molecule has 1 aliphatic rings. The first-order chi connectivity index (χ1) is 13.5. The van der Waals surface area contributed by atoms with Gasteiger partial charge in [-0.25, -0.2) is 14.4 Å². The fourth-order valence-electron chi connectivity index (χ4n) is 3.86. The van der Waals surface area contributed by atoms with Crippen molar-refractivity contribution in [2.75, 3.05) is 26.7 Å². The molecule has 0 radical (unpaired) electrons. The van der Waals surface area contributed by atoms with Crippen LogP contribution in [0.1, 0.15) is 37.2 Å². The van der Waals surface area contributed by atoms with Crippen LogP contribution in [0.2, 0.25) is 0 Å². The van der Waals surface area contributed by atoms with Crippen LogP contribution < -0.4 is 0 Å². The van der Waals surface area contributed by atoms with Crippen molar-refractivity contribution < 1.29 is 9.13 Å². The normalized spacial score (nSPS) is 19.1. The molecule has 1 atom stereocenters. The van der Waals surface area contributed by atoms with Crippen LogP contribution in [0.4, 0.5) is 4.39 Å². The molecule has 2 heterocycles. The van der Waals surface area contributed by atoms with Gasteiger partial charge in [0.15, 0.2) is 5.82 Å². The molecule has 2 aromatic rings. The van der Waals surface area contributed by atoms with Gasteiger partial charge in [-0.1, -0.05) is 26.0 Å². The van der Waals surface area contributed by atoms with E-state index in [1.165, 1.54) is 5.56 Å². The van der Waals surface area contributed by atoms with Crippen molar-refractivity contribution >= 4 is 0 Å². The van der Waals surface area contributed by atoms with Crippen molar-refractivity contribution in [1.29, 1.82) is 0 Å². The highest BCUT2D eigenvalue weighted by atomic mass is 19.1. The van der Waals surface area contributed by atoms with Gasteiger partial charge in [0.1, 0.15) is 12.4 Å². The fraction of sp³-hybridized carbons (Fsp3) is 0.545. The van der Waals surface area contributed by atoms with Crippen molar-refractivity contribution in [2.45, 2.75) is 46.0 Å². The number of ether oxygens (including phenoxy) is 1. The van der Waals surface area contributed by atoms with Crippen LogP contribution in [0.3, 0.4) is 0 Å². The quantitative estimate of drug-likeness (QED) is 0.729. The van der Waals surface area contributed by atoms with Gasteiger partial charge in [0, 0.05) is 57.3 Å². The minimum atomic E-state index is -0.176. The lowest BCUT2D eigenvalue weighted by atomic mass is 10.0. The third-order valence-electron chi connectivity index (χ3n) is 5.34. The van der Waals surface area contributed by atoms with Gasteiger partial charge < -0.3 is 4.74 Å². The second-order valence-electron chi connectivity index (χ2n) is 7.94. The van der Waals surface area contributed by atoms with E-state index in [0.29, 0.717) is 24.4 Å². The molecule has 1 unspecified atom stereocenters. The van der Waals surface area contributed by atoms with E-state index in [9.17, 15) is 4.39 Å². The Labute approximate surface area is 167 Å². The van der Waals surface area contributed by atoms with E-state index in [2.05, 4.69) is 33.6 Å². The lowest BCUT2D eigenvalue weighted by Crippen LogP contribution is -2.43. The molecule has 0 bridgehead atoms. The highest BCUT2D eigenvalue weighted by Crippen LogP contribution is 2.21. The van der Waals surface area contributed by atoms with Gasteiger partial charge in [-0.15, -0.1) is 0 Å². The maximum atomic E-state index is 13.2. The molecule has 5 nitrogen and oxygen atoms in total. The molecule has 0 saturated carbocycles. The molecule has 28 heavy (non-hydrogen) atoms. The van der Waals surface area contributed by atoms with Crippen LogP contribution >= 0.6 is 0 Å². The van der Waals surface area contributed by atoms with Gasteiger partial charge in [-0.05, 0) is 36.6 Å². The summed E-state index contributed by atoms with van der Waals surface area (Å²) in [6.07, 6.45) is 4.94. The van der Waals surface area contributed by atoms with Crippen LogP contribution in [0.5, 0.6) is 0 Å². The number of benzene rings is 1. The molecule has 0 spiro atoms. The first-order valence-corrected chi connectivity index (χ1v) is 10.0. The second kappa shape index (κ2) is 10.0. The predicted molar refractivity (Wildman–Crippen MR) is 108 cm³/mol. The molecular weight excluding hydrogens is 355 g/mol. The minimum absolute atomic E-state index is 0.176. The van der Waals surface area contributed by atoms with Crippen LogP contribution in [-0.2, 0) is 24.4 Å². The summed E-state index contributed by atoms with van der Waals surface area (Å²) < 4.78 is 18.3. The largest absolute Gasteiger partial charge is 0.377 e. The smallest absolute Gasteiger partial charge is 0.153 e. The topological polar surface area (TPSA) is 41.5 Å². The summed E-state index contributed by atoms with van der Waals surface area (Å²) in [5.41, 5.74) is 2.30. The van der Waals surface area contributed by atoms with Gasteiger partial charge in [0.25, 0.3) is 0 Å². The van der Waals surface area contributed by atoms with Crippen molar-refractivity contribution in [3.8, 4) is 0 Å². The van der Waals surface area contributed by atoms with Gasteiger partial charge in [-0.2, -0.15) is 0 Å². The molecule has 0 aliphatic carbocycles. The number of rotatable bonds is 7. The molecule has 6 heteroatoms. The molecule has 1 aromatic carbocycles. The molecule has 1 fully saturated rings. The molecule has 0 amide bonds. The van der Waals surface area contributed by atoms with Crippen molar-refractivity contribution in [3.05, 3.63) is 59.4 Å². The van der Waals surface area contributed by atoms with E-state index in [-0.39, 0.29) is 5.82 Å². The number of methoxy groups -OCH3 is 1. The third kappa shape index (κ3) is 5.80. The summed E-state index contributed by atoms with van der Waals surface area (Å²) in [5, 5.41) is 0. The zero-order valence-corrected chi connectivity index (χ0v) is 17.1. The van der Waals surface area contributed by atoms with Crippen molar-refractivity contribution in [3.63, 3.8) is 0 Å². The lowest BCUT2D eigenvalue weighted by Gasteiger charge is -2.34. The number of aromatic nitrogens is 2. The lowest BCUT2D eigenvalue weighted by molar-refractivity contribution is 0.130. The monoisotopic (exact) mass is 386 g/mol. The average molecular weight is 387 g/mol. The summed E-state index contributed by atoms with van der Waals surface area (Å²) in [5.74, 6) is 1.08. The van der Waals surface area contributed by atoms with Gasteiger partial charge in [-0.3, -0.25) is 9.80 Å². The number of nitrogens with zero attached hydrogens (tertiary/aromatic N) is 4. The summed E-state index contributed by atoms with van der Waals surface area (Å²) in [6.45, 7) is 9.87. The van der Waals surface area contributed by atoms with E-state index in [1.54, 1.807) is 19.2 Å². The third-order valence-corrected chi connectivity index (χ3v) is 5.34. The van der Waals surface area contributed by atoms with Gasteiger partial charge in [0.05, 0.1) is 0 Å². The highest BCUT2D eigenvalue weighted by Gasteiger charge is 2.27. The van der Waals surface area contributed by atoms with E-state index in [1.807, 2.05) is 24.5 Å². The van der Waals surface area contributed by atoms with Crippen LogP contribution in [0.15, 0.2) is 36.7 Å². The van der Waals surface area contributed by atoms with Crippen molar-refractivity contribution in [1.82, 2.24) is 19.8 Å². The number of halogens is 1. The van der Waals surface area contributed by atoms with E-state index >= 15 is 0 Å². The number of hydrogen-bond acceptors (Lipinski definition) is 5. The molecular formula is C22H31FN4O. The van der Waals surface area contributed by atoms with Gasteiger partial charge >= 0.3 is 0 Å². The van der Waals surface area contributed by atoms with Crippen molar-refractivity contribution in [2.24, 2.45) is 5.92 Å². The predicted octanol–water partition coefficient (Wildman–Crippen LogP) is 3.49. The molecule has 1 saturated heterocycles. The van der Waals surface area contributed by atoms with Gasteiger partial charge in [0.2, 0.25) is 0 Å². The highest BCUT2D eigenvalue weighted by molar-refractivity contribution is 5.16. The fourth-order valence-corrected chi connectivity index (χ4v) is 3.86. The summed E-state index contributed by atoms with van der Waals surface area (Å²) >= 11 is 0. The Kier molecular flexibility index (Phi) is 7.48. The molecule has 1 aromatic heterocycles. The Morgan fingerprint density at radius 1 is 1.07 bits per heavy atom. The Balaban J connectivity index is 1.65. The minimum Gasteiger partial charge on any atom is -0.377 e. The Morgan fingerprint density at radius 2 is 1.79 bits per heavy atom. The summed E-state index contributed by atoms with van der Waals surface area (Å²) in [6, 6.07) is 7.36. The maximum Gasteiger partial charge on any atom is 0.153 e. The Bertz CT molecular complexity index is 720. The second-order valence-corrected chi connectivity index (χ2v) is 7.94. The van der Waals surface area contributed by atoms with E-state index in [0.717, 1.165) is 44.7 Å². The Hall–Kier alpha value is -1.89. The summed E-state index contributed by atoms with van der Waals surface area (Å²) in [7, 11) is 1.65. The van der Waals surface area contributed by atoms with E-state index in [4.69, 9.17) is 4.74 Å². The van der Waals surface area contributed by atoms with Crippen LogP contribution in [0.25, 0.3) is 0 Å². The SMILES string of the molecule is COCc1ncc(CN2CCCN(Cc3ccc(F)cc3)C(C(C)C)C2)cn1. The molecule has 0 N–H and O–H groups in total. The standard InChI is InChI=1S/C22H31FN4O/c1-17(2)21-15-26(13-19-11-24-22(16-28-3)25-12-19)9-4-10-27(21)14-18-5-7-20(23)8-6-18/h5-8,11-12,17,21H,4,9-10,13-16H2,1-3H3. The zero-order valence-electron chi connectivity index (χ0n) is 17.1. The molecule has 3 rings (SSSR count). The van der Waals surface area contributed by atoms with Crippen LogP contribution in [0, 0.1) is 11.7 Å². The maximum absolute atomic E-state index is 13.2. The first-order valence-electron chi connectivity index (χ1n) is 10.0. The van der Waals surface area contributed by atoms with E-state index < -0.39 is 0 Å². The molecule has 152 valence electrons. The zero-order chi connectivity index (χ0) is 19.9. The number of hydrogen-bond donors (Lipinski definition) is 0. The average Bonchev–Trinajstić information content (AvgIpc) is 2.88. The summed E-state index contributed by atoms with van der Waals surface area (Å²) in [4.78, 5) is 13.8. The molecule has 1 aliphatic heterocycles. The Morgan fingerprint density at radius 3 is 2.43 bits per heavy atom.